The van der Waals surface area contributed by atoms with Crippen LogP contribution in [-0.4, -0.2) is 40.7 Å². The van der Waals surface area contributed by atoms with Crippen molar-refractivity contribution in [3.8, 4) is 5.69 Å². The Morgan fingerprint density at radius 2 is 1.65 bits per heavy atom. The molecule has 1 heterocycles. The molecule has 0 aliphatic carbocycles. The van der Waals surface area contributed by atoms with Crippen molar-refractivity contribution < 1.29 is 19.1 Å². The van der Waals surface area contributed by atoms with E-state index in [9.17, 15) is 14.4 Å². The largest absolute Gasteiger partial charge is 0.454 e. The van der Waals surface area contributed by atoms with E-state index >= 15 is 0 Å². The van der Waals surface area contributed by atoms with Gasteiger partial charge in [0.05, 0.1) is 22.8 Å². The topological polar surface area (TPSA) is 102 Å². The lowest BCUT2D eigenvalue weighted by atomic mass is 10.1. The summed E-state index contributed by atoms with van der Waals surface area (Å²) in [4.78, 5) is 36.2. The standard InChI is InChI=1S/C23H24N4O4/c1-15-9-11-18(12-10-15)23(30)24-13-21(29)31-14-20(28)25-22-16(2)26-27(17(22)3)19-7-5-4-6-8-19/h4-12H,13-14H2,1-3H3,(H,24,30)(H,25,28). The Bertz CT molecular complexity index is 1090. The molecule has 8 heteroatoms. The van der Waals surface area contributed by atoms with Crippen molar-refractivity contribution in [3.05, 3.63) is 77.1 Å². The van der Waals surface area contributed by atoms with Gasteiger partial charge in [-0.1, -0.05) is 35.9 Å². The summed E-state index contributed by atoms with van der Waals surface area (Å²) in [6, 6.07) is 16.5. The van der Waals surface area contributed by atoms with Crippen molar-refractivity contribution in [1.29, 1.82) is 0 Å². The van der Waals surface area contributed by atoms with Crippen LogP contribution in [0.25, 0.3) is 5.69 Å². The minimum absolute atomic E-state index is 0.329. The number of carbonyl (C=O) groups excluding carboxylic acids is 3. The predicted molar refractivity (Wildman–Crippen MR) is 116 cm³/mol. The number of para-hydroxylation sites is 1. The Labute approximate surface area is 180 Å². The summed E-state index contributed by atoms with van der Waals surface area (Å²) < 4.78 is 6.69. The van der Waals surface area contributed by atoms with Crippen LogP contribution in [0.5, 0.6) is 0 Å². The van der Waals surface area contributed by atoms with Crippen LogP contribution in [0.3, 0.4) is 0 Å². The molecule has 2 aromatic carbocycles. The molecule has 0 aliphatic heterocycles. The SMILES string of the molecule is Cc1ccc(C(=O)NCC(=O)OCC(=O)Nc2c(C)nn(-c3ccccc3)c2C)cc1. The molecule has 3 aromatic rings. The number of anilines is 1. The zero-order valence-electron chi connectivity index (χ0n) is 17.6. The third-order valence-corrected chi connectivity index (χ3v) is 4.63. The van der Waals surface area contributed by atoms with Gasteiger partial charge in [-0.2, -0.15) is 5.10 Å². The number of amides is 2. The molecular formula is C23H24N4O4. The molecule has 0 bridgehead atoms. The van der Waals surface area contributed by atoms with Gasteiger partial charge in [0.1, 0.15) is 6.54 Å². The molecule has 0 saturated heterocycles. The summed E-state index contributed by atoms with van der Waals surface area (Å²) in [7, 11) is 0. The van der Waals surface area contributed by atoms with Gasteiger partial charge in [0.2, 0.25) is 0 Å². The second kappa shape index (κ2) is 9.71. The number of aromatic nitrogens is 2. The molecule has 8 nitrogen and oxygen atoms in total. The first-order chi connectivity index (χ1) is 14.8. The Morgan fingerprint density at radius 3 is 2.32 bits per heavy atom. The van der Waals surface area contributed by atoms with Crippen molar-refractivity contribution in [2.45, 2.75) is 20.8 Å². The van der Waals surface area contributed by atoms with Crippen LogP contribution >= 0.6 is 0 Å². The molecule has 2 N–H and O–H groups in total. The van der Waals surface area contributed by atoms with Crippen LogP contribution in [0, 0.1) is 20.8 Å². The van der Waals surface area contributed by atoms with E-state index in [1.807, 2.05) is 56.3 Å². The van der Waals surface area contributed by atoms with E-state index in [4.69, 9.17) is 4.74 Å². The first kappa shape index (κ1) is 21.8. The van der Waals surface area contributed by atoms with Gasteiger partial charge in [-0.05, 0) is 45.0 Å². The highest BCUT2D eigenvalue weighted by atomic mass is 16.5. The van der Waals surface area contributed by atoms with Gasteiger partial charge in [0, 0.05) is 5.56 Å². The first-order valence-electron chi connectivity index (χ1n) is 9.77. The van der Waals surface area contributed by atoms with Crippen molar-refractivity contribution >= 4 is 23.5 Å². The molecule has 1 aromatic heterocycles. The summed E-state index contributed by atoms with van der Waals surface area (Å²) in [5.74, 6) is -1.58. The predicted octanol–water partition coefficient (Wildman–Crippen LogP) is 2.71. The average molecular weight is 420 g/mol. The quantitative estimate of drug-likeness (QED) is 0.572. The van der Waals surface area contributed by atoms with Gasteiger partial charge in [0.25, 0.3) is 11.8 Å². The van der Waals surface area contributed by atoms with Gasteiger partial charge in [0.15, 0.2) is 6.61 Å². The summed E-state index contributed by atoms with van der Waals surface area (Å²) in [5, 5.41) is 9.66. The average Bonchev–Trinajstić information content (AvgIpc) is 3.05. The lowest BCUT2D eigenvalue weighted by molar-refractivity contribution is -0.146. The number of hydrogen-bond donors (Lipinski definition) is 2. The van der Waals surface area contributed by atoms with E-state index in [-0.39, 0.29) is 12.5 Å². The highest BCUT2D eigenvalue weighted by Crippen LogP contribution is 2.22. The van der Waals surface area contributed by atoms with E-state index in [0.717, 1.165) is 16.9 Å². The van der Waals surface area contributed by atoms with Crippen LogP contribution in [0.2, 0.25) is 0 Å². The molecule has 0 atom stereocenters. The summed E-state index contributed by atoms with van der Waals surface area (Å²) in [6.07, 6.45) is 0. The number of carbonyl (C=O) groups is 3. The third-order valence-electron chi connectivity index (χ3n) is 4.63. The maximum Gasteiger partial charge on any atom is 0.325 e. The molecule has 0 radical (unpaired) electrons. The molecular weight excluding hydrogens is 396 g/mol. The number of esters is 1. The molecule has 0 aliphatic rings. The van der Waals surface area contributed by atoms with Crippen LogP contribution in [0.15, 0.2) is 54.6 Å². The molecule has 160 valence electrons. The van der Waals surface area contributed by atoms with Gasteiger partial charge in [-0.25, -0.2) is 4.68 Å². The van der Waals surface area contributed by atoms with Gasteiger partial charge in [-0.15, -0.1) is 0 Å². The molecule has 0 unspecified atom stereocenters. The van der Waals surface area contributed by atoms with Crippen LogP contribution in [0.4, 0.5) is 5.69 Å². The zero-order valence-corrected chi connectivity index (χ0v) is 17.6. The van der Waals surface area contributed by atoms with Crippen molar-refractivity contribution in [3.63, 3.8) is 0 Å². The highest BCUT2D eigenvalue weighted by molar-refractivity contribution is 5.97. The number of nitrogens with zero attached hydrogens (tertiary/aromatic N) is 2. The van der Waals surface area contributed by atoms with E-state index in [1.54, 1.807) is 23.7 Å². The maximum absolute atomic E-state index is 12.2. The molecule has 0 spiro atoms. The van der Waals surface area contributed by atoms with Gasteiger partial charge >= 0.3 is 5.97 Å². The van der Waals surface area contributed by atoms with Gasteiger partial charge < -0.3 is 15.4 Å². The summed E-state index contributed by atoms with van der Waals surface area (Å²) >= 11 is 0. The second-order valence-electron chi connectivity index (χ2n) is 7.05. The van der Waals surface area contributed by atoms with Crippen LogP contribution in [0.1, 0.15) is 27.3 Å². The Hall–Kier alpha value is -3.94. The lowest BCUT2D eigenvalue weighted by Gasteiger charge is -2.09. The number of ether oxygens (including phenoxy) is 1. The van der Waals surface area contributed by atoms with E-state index in [2.05, 4.69) is 15.7 Å². The maximum atomic E-state index is 12.2. The Kier molecular flexibility index (Phi) is 6.81. The van der Waals surface area contributed by atoms with Crippen molar-refractivity contribution in [1.82, 2.24) is 15.1 Å². The monoisotopic (exact) mass is 420 g/mol. The highest BCUT2D eigenvalue weighted by Gasteiger charge is 2.16. The van der Waals surface area contributed by atoms with Gasteiger partial charge in [-0.3, -0.25) is 14.4 Å². The van der Waals surface area contributed by atoms with Crippen molar-refractivity contribution in [2.24, 2.45) is 0 Å². The second-order valence-corrected chi connectivity index (χ2v) is 7.05. The summed E-state index contributed by atoms with van der Waals surface area (Å²) in [5.41, 5.74) is 4.32. The van der Waals surface area contributed by atoms with Crippen LogP contribution < -0.4 is 10.6 Å². The van der Waals surface area contributed by atoms with Crippen LogP contribution in [-0.2, 0) is 14.3 Å². The number of benzene rings is 2. The Morgan fingerprint density at radius 1 is 0.968 bits per heavy atom. The summed E-state index contributed by atoms with van der Waals surface area (Å²) in [6.45, 7) is 4.75. The molecule has 2 amide bonds. The normalized spacial score (nSPS) is 10.4. The fraction of sp³-hybridized carbons (Fsp3) is 0.217. The first-order valence-corrected chi connectivity index (χ1v) is 9.77. The molecule has 0 fully saturated rings. The Balaban J connectivity index is 1.50. The molecule has 3 rings (SSSR count). The van der Waals surface area contributed by atoms with Crippen molar-refractivity contribution in [2.75, 3.05) is 18.5 Å². The fourth-order valence-corrected chi connectivity index (χ4v) is 2.98. The zero-order chi connectivity index (χ0) is 22.4. The van der Waals surface area contributed by atoms with E-state index in [1.165, 1.54) is 0 Å². The van der Waals surface area contributed by atoms with E-state index in [0.29, 0.717) is 16.9 Å². The van der Waals surface area contributed by atoms with E-state index < -0.39 is 18.5 Å². The fourth-order valence-electron chi connectivity index (χ4n) is 2.98. The smallest absolute Gasteiger partial charge is 0.325 e. The number of nitrogens with one attached hydrogen (secondary N) is 2. The minimum atomic E-state index is -0.705. The third kappa shape index (κ3) is 5.57. The minimum Gasteiger partial charge on any atom is -0.454 e. The molecule has 31 heavy (non-hydrogen) atoms. The lowest BCUT2D eigenvalue weighted by Crippen LogP contribution is -2.32. The number of aryl methyl sites for hydroxylation is 2. The number of hydrogen-bond acceptors (Lipinski definition) is 5. The molecule has 0 saturated carbocycles. The number of rotatable bonds is 7.